The van der Waals surface area contributed by atoms with Crippen LogP contribution in [0.2, 0.25) is 0 Å². The van der Waals surface area contributed by atoms with Crippen LogP contribution in [-0.2, 0) is 0 Å². The number of amides is 1. The molecule has 0 atom stereocenters. The third kappa shape index (κ3) is 3.93. The van der Waals surface area contributed by atoms with Crippen LogP contribution in [0.3, 0.4) is 0 Å². The fourth-order valence-electron chi connectivity index (χ4n) is 1.43. The maximum Gasteiger partial charge on any atom is 0.250 e. The number of carbonyl (C=O) groups excluding carboxylic acids is 1. The normalized spacial score (nSPS) is 10.5. The van der Waals surface area contributed by atoms with E-state index in [0.29, 0.717) is 4.90 Å². The van der Waals surface area contributed by atoms with Gasteiger partial charge in [0.2, 0.25) is 0 Å². The number of halogens is 1. The molecule has 5 heteroatoms. The van der Waals surface area contributed by atoms with E-state index in [0.717, 1.165) is 31.1 Å². The SMILES string of the molecule is CCCCCSc1cc(C(N)=O)c(N)cc1F. The highest BCUT2D eigenvalue weighted by molar-refractivity contribution is 7.99. The Hall–Kier alpha value is -1.23. The third-order valence-electron chi connectivity index (χ3n) is 2.37. The van der Waals surface area contributed by atoms with Crippen LogP contribution in [-0.4, -0.2) is 11.7 Å². The second kappa shape index (κ2) is 6.49. The molecule has 4 N–H and O–H groups in total. The van der Waals surface area contributed by atoms with Crippen LogP contribution in [0.4, 0.5) is 10.1 Å². The molecule has 0 aliphatic rings. The molecule has 0 bridgehead atoms. The predicted molar refractivity (Wildman–Crippen MR) is 69.6 cm³/mol. The Kier molecular flexibility index (Phi) is 5.28. The number of nitrogens with two attached hydrogens (primary N) is 2. The summed E-state index contributed by atoms with van der Waals surface area (Å²) >= 11 is 1.39. The van der Waals surface area contributed by atoms with Gasteiger partial charge >= 0.3 is 0 Å². The first-order valence-electron chi connectivity index (χ1n) is 5.58. The van der Waals surface area contributed by atoms with E-state index in [9.17, 15) is 9.18 Å². The zero-order chi connectivity index (χ0) is 12.8. The van der Waals surface area contributed by atoms with Crippen molar-refractivity contribution < 1.29 is 9.18 Å². The van der Waals surface area contributed by atoms with Gasteiger partial charge in [0.05, 0.1) is 5.56 Å². The Morgan fingerprint density at radius 3 is 2.71 bits per heavy atom. The van der Waals surface area contributed by atoms with Gasteiger partial charge in [0, 0.05) is 10.6 Å². The van der Waals surface area contributed by atoms with Gasteiger partial charge in [-0.2, -0.15) is 0 Å². The number of nitrogen functional groups attached to an aromatic ring is 1. The molecule has 94 valence electrons. The molecular weight excluding hydrogens is 239 g/mol. The highest BCUT2D eigenvalue weighted by Crippen LogP contribution is 2.27. The Bertz CT molecular complexity index is 410. The summed E-state index contributed by atoms with van der Waals surface area (Å²) in [5.74, 6) is -0.195. The van der Waals surface area contributed by atoms with Crippen molar-refractivity contribution in [3.05, 3.63) is 23.5 Å². The number of thioether (sulfide) groups is 1. The molecular formula is C12H17FN2OS. The zero-order valence-electron chi connectivity index (χ0n) is 9.83. The summed E-state index contributed by atoms with van der Waals surface area (Å²) in [6.45, 7) is 2.11. The third-order valence-corrected chi connectivity index (χ3v) is 3.49. The maximum absolute atomic E-state index is 13.6. The average Bonchev–Trinajstić information content (AvgIpc) is 2.26. The standard InChI is InChI=1S/C12H17FN2OS/c1-2-3-4-5-17-11-6-8(12(15)16)10(14)7-9(11)13/h6-7H,2-5,14H2,1H3,(H2,15,16). The van der Waals surface area contributed by atoms with E-state index in [1.807, 2.05) is 0 Å². The van der Waals surface area contributed by atoms with Crippen molar-refractivity contribution in [2.75, 3.05) is 11.5 Å². The Morgan fingerprint density at radius 2 is 2.12 bits per heavy atom. The molecule has 0 fully saturated rings. The van der Waals surface area contributed by atoms with E-state index in [1.54, 1.807) is 0 Å². The molecule has 0 aromatic heterocycles. The monoisotopic (exact) mass is 256 g/mol. The largest absolute Gasteiger partial charge is 0.398 e. The van der Waals surface area contributed by atoms with Crippen LogP contribution < -0.4 is 11.5 Å². The molecule has 0 radical (unpaired) electrons. The van der Waals surface area contributed by atoms with Crippen molar-refractivity contribution in [3.8, 4) is 0 Å². The molecule has 17 heavy (non-hydrogen) atoms. The molecule has 1 aromatic rings. The molecule has 0 spiro atoms. The number of anilines is 1. The van der Waals surface area contributed by atoms with Crippen LogP contribution in [0.5, 0.6) is 0 Å². The van der Waals surface area contributed by atoms with Crippen molar-refractivity contribution in [2.24, 2.45) is 5.73 Å². The molecule has 1 rings (SSSR count). The Labute approximate surface area is 105 Å². The summed E-state index contributed by atoms with van der Waals surface area (Å²) < 4.78 is 13.6. The van der Waals surface area contributed by atoms with E-state index in [2.05, 4.69) is 6.92 Å². The smallest absolute Gasteiger partial charge is 0.250 e. The number of hydrogen-bond acceptors (Lipinski definition) is 3. The fraction of sp³-hybridized carbons (Fsp3) is 0.417. The lowest BCUT2D eigenvalue weighted by Crippen LogP contribution is -2.14. The van der Waals surface area contributed by atoms with Crippen LogP contribution in [0.1, 0.15) is 36.5 Å². The topological polar surface area (TPSA) is 69.1 Å². The van der Waals surface area contributed by atoms with Crippen LogP contribution in [0.15, 0.2) is 17.0 Å². The van der Waals surface area contributed by atoms with E-state index < -0.39 is 11.7 Å². The van der Waals surface area contributed by atoms with Gasteiger partial charge < -0.3 is 11.5 Å². The van der Waals surface area contributed by atoms with Crippen LogP contribution in [0, 0.1) is 5.82 Å². The molecule has 0 heterocycles. The Morgan fingerprint density at radius 1 is 1.41 bits per heavy atom. The van der Waals surface area contributed by atoms with Crippen LogP contribution >= 0.6 is 11.8 Å². The van der Waals surface area contributed by atoms with Crippen molar-refractivity contribution >= 4 is 23.4 Å². The number of rotatable bonds is 6. The van der Waals surface area contributed by atoms with Gasteiger partial charge in [-0.05, 0) is 24.3 Å². The zero-order valence-corrected chi connectivity index (χ0v) is 10.6. The van der Waals surface area contributed by atoms with Crippen molar-refractivity contribution in [1.82, 2.24) is 0 Å². The van der Waals surface area contributed by atoms with Gasteiger partial charge in [-0.15, -0.1) is 11.8 Å². The first-order valence-corrected chi connectivity index (χ1v) is 6.56. The molecule has 0 saturated heterocycles. The minimum absolute atomic E-state index is 0.0907. The van der Waals surface area contributed by atoms with Gasteiger partial charge in [-0.3, -0.25) is 4.79 Å². The minimum atomic E-state index is -0.627. The number of unbranched alkanes of at least 4 members (excludes halogenated alkanes) is 2. The second-order valence-electron chi connectivity index (χ2n) is 3.79. The highest BCUT2D eigenvalue weighted by Gasteiger charge is 2.11. The number of hydrogen-bond donors (Lipinski definition) is 2. The van der Waals surface area contributed by atoms with Crippen LogP contribution in [0.25, 0.3) is 0 Å². The first kappa shape index (κ1) is 13.8. The molecule has 0 aliphatic heterocycles. The summed E-state index contributed by atoms with van der Waals surface area (Å²) in [4.78, 5) is 11.5. The van der Waals surface area contributed by atoms with Gasteiger partial charge in [-0.25, -0.2) is 4.39 Å². The molecule has 1 amide bonds. The van der Waals surface area contributed by atoms with Crippen molar-refractivity contribution in [3.63, 3.8) is 0 Å². The quantitative estimate of drug-likeness (QED) is 0.467. The van der Waals surface area contributed by atoms with Crippen molar-refractivity contribution in [2.45, 2.75) is 31.1 Å². The van der Waals surface area contributed by atoms with Gasteiger partial charge in [-0.1, -0.05) is 19.8 Å². The summed E-state index contributed by atoms with van der Waals surface area (Å²) in [5.41, 5.74) is 11.0. The molecule has 0 saturated carbocycles. The van der Waals surface area contributed by atoms with E-state index in [4.69, 9.17) is 11.5 Å². The Balaban J connectivity index is 2.77. The number of benzene rings is 1. The lowest BCUT2D eigenvalue weighted by Gasteiger charge is -2.07. The summed E-state index contributed by atoms with van der Waals surface area (Å²) in [6.07, 6.45) is 3.26. The van der Waals surface area contributed by atoms with Gasteiger partial charge in [0.15, 0.2) is 0 Å². The predicted octanol–water partition coefficient (Wildman–Crippen LogP) is 2.79. The summed E-state index contributed by atoms with van der Waals surface area (Å²) in [5, 5.41) is 0. The first-order chi connectivity index (χ1) is 8.06. The number of carbonyl (C=O) groups is 1. The van der Waals surface area contributed by atoms with E-state index in [-0.39, 0.29) is 11.3 Å². The van der Waals surface area contributed by atoms with E-state index in [1.165, 1.54) is 17.8 Å². The molecule has 3 nitrogen and oxygen atoms in total. The molecule has 1 aromatic carbocycles. The van der Waals surface area contributed by atoms with Crippen molar-refractivity contribution in [1.29, 1.82) is 0 Å². The van der Waals surface area contributed by atoms with Gasteiger partial charge in [0.1, 0.15) is 5.82 Å². The van der Waals surface area contributed by atoms with E-state index >= 15 is 0 Å². The van der Waals surface area contributed by atoms with Gasteiger partial charge in [0.25, 0.3) is 5.91 Å². The second-order valence-corrected chi connectivity index (χ2v) is 4.93. The minimum Gasteiger partial charge on any atom is -0.398 e. The highest BCUT2D eigenvalue weighted by atomic mass is 32.2. The molecule has 0 unspecified atom stereocenters. The summed E-state index contributed by atoms with van der Waals surface area (Å²) in [6, 6.07) is 2.59. The number of primary amides is 1. The average molecular weight is 256 g/mol. The molecule has 0 aliphatic carbocycles. The lowest BCUT2D eigenvalue weighted by atomic mass is 10.1. The summed E-state index contributed by atoms with van der Waals surface area (Å²) in [7, 11) is 0. The maximum atomic E-state index is 13.6. The fourth-order valence-corrected chi connectivity index (χ4v) is 2.39. The lowest BCUT2D eigenvalue weighted by molar-refractivity contribution is 0.100.